The number of ketones is 1. The molecule has 2 heterocycles. The first-order valence-corrected chi connectivity index (χ1v) is 8.31. The number of nitrogens with one attached hydrogen (secondary N) is 1. The molecule has 0 saturated carbocycles. The van der Waals surface area contributed by atoms with Crippen molar-refractivity contribution in [3.8, 4) is 0 Å². The molecular weight excluding hydrogens is 322 g/mol. The zero-order chi connectivity index (χ0) is 18.8. The van der Waals surface area contributed by atoms with Crippen molar-refractivity contribution in [1.29, 1.82) is 0 Å². The lowest BCUT2D eigenvalue weighted by molar-refractivity contribution is -0.120. The summed E-state index contributed by atoms with van der Waals surface area (Å²) in [5.74, 6) is 0.132. The van der Waals surface area contributed by atoms with Crippen LogP contribution in [0.15, 0.2) is 15.6 Å². The van der Waals surface area contributed by atoms with E-state index in [1.807, 2.05) is 27.7 Å². The predicted molar refractivity (Wildman–Crippen MR) is 93.6 cm³/mol. The van der Waals surface area contributed by atoms with Crippen LogP contribution in [0, 0.1) is 6.92 Å². The number of hydrogen-bond donors (Lipinski definition) is 1. The standard InChI is InChI=1S/C17H25N5O3/c1-7-13(11(3)23)22-9-14(17(4,5)6)19-15(16(22)24)18-8-12-10(2)20-25-21-12/h9,13H,7-8H2,1-6H3,(H,18,19). The van der Waals surface area contributed by atoms with Gasteiger partial charge in [0.05, 0.1) is 18.3 Å². The Balaban J connectivity index is 2.49. The molecule has 0 aromatic carbocycles. The highest BCUT2D eigenvalue weighted by molar-refractivity contribution is 5.79. The van der Waals surface area contributed by atoms with Gasteiger partial charge in [0, 0.05) is 11.6 Å². The maximum atomic E-state index is 12.8. The average molecular weight is 347 g/mol. The monoisotopic (exact) mass is 347 g/mol. The third-order valence-electron chi connectivity index (χ3n) is 4.06. The number of Topliss-reactive ketones (excluding diaryl/α,β-unsaturated/α-hetero) is 1. The van der Waals surface area contributed by atoms with Gasteiger partial charge in [0.15, 0.2) is 11.6 Å². The number of rotatable bonds is 6. The summed E-state index contributed by atoms with van der Waals surface area (Å²) < 4.78 is 6.14. The third-order valence-corrected chi connectivity index (χ3v) is 4.06. The fourth-order valence-electron chi connectivity index (χ4n) is 2.48. The third kappa shape index (κ3) is 4.12. The van der Waals surface area contributed by atoms with Gasteiger partial charge in [-0.25, -0.2) is 9.61 Å². The number of anilines is 1. The van der Waals surface area contributed by atoms with Crippen LogP contribution in [0.1, 0.15) is 64.2 Å². The molecule has 0 amide bonds. The van der Waals surface area contributed by atoms with E-state index >= 15 is 0 Å². The van der Waals surface area contributed by atoms with Crippen molar-refractivity contribution in [2.75, 3.05) is 5.32 Å². The van der Waals surface area contributed by atoms with Crippen molar-refractivity contribution >= 4 is 11.6 Å². The highest BCUT2D eigenvalue weighted by atomic mass is 16.6. The molecule has 2 aromatic rings. The van der Waals surface area contributed by atoms with Crippen molar-refractivity contribution in [1.82, 2.24) is 19.9 Å². The Hall–Kier alpha value is -2.51. The molecule has 1 unspecified atom stereocenters. The minimum atomic E-state index is -0.507. The van der Waals surface area contributed by atoms with Gasteiger partial charge in [0.25, 0.3) is 5.56 Å². The Morgan fingerprint density at radius 1 is 1.36 bits per heavy atom. The molecule has 25 heavy (non-hydrogen) atoms. The molecule has 0 fully saturated rings. The van der Waals surface area contributed by atoms with E-state index in [0.29, 0.717) is 17.8 Å². The van der Waals surface area contributed by atoms with Crippen molar-refractivity contribution in [2.24, 2.45) is 0 Å². The second kappa shape index (κ2) is 7.16. The lowest BCUT2D eigenvalue weighted by Gasteiger charge is -2.23. The number of hydrogen-bond acceptors (Lipinski definition) is 7. The Morgan fingerprint density at radius 2 is 2.04 bits per heavy atom. The van der Waals surface area contributed by atoms with Gasteiger partial charge in [-0.15, -0.1) is 0 Å². The fourth-order valence-corrected chi connectivity index (χ4v) is 2.48. The van der Waals surface area contributed by atoms with Crippen molar-refractivity contribution in [2.45, 2.75) is 66.0 Å². The van der Waals surface area contributed by atoms with Gasteiger partial charge >= 0.3 is 0 Å². The topological polar surface area (TPSA) is 103 Å². The summed E-state index contributed by atoms with van der Waals surface area (Å²) in [5.41, 5.74) is 1.38. The van der Waals surface area contributed by atoms with Crippen LogP contribution in [-0.2, 0) is 16.8 Å². The SMILES string of the molecule is CCC(C(C)=O)n1cc(C(C)(C)C)nc(NCc2nonc2C)c1=O. The maximum absolute atomic E-state index is 12.8. The highest BCUT2D eigenvalue weighted by Gasteiger charge is 2.24. The Morgan fingerprint density at radius 3 is 2.52 bits per heavy atom. The van der Waals surface area contributed by atoms with Crippen LogP contribution < -0.4 is 10.9 Å². The van der Waals surface area contributed by atoms with E-state index in [2.05, 4.69) is 25.2 Å². The van der Waals surface area contributed by atoms with E-state index in [9.17, 15) is 9.59 Å². The summed E-state index contributed by atoms with van der Waals surface area (Å²) in [6.07, 6.45) is 2.22. The van der Waals surface area contributed by atoms with Crippen molar-refractivity contribution < 1.29 is 9.42 Å². The molecule has 2 aromatic heterocycles. The average Bonchev–Trinajstić information content (AvgIpc) is 2.92. The molecule has 0 aliphatic rings. The van der Waals surface area contributed by atoms with E-state index < -0.39 is 6.04 Å². The van der Waals surface area contributed by atoms with Gasteiger partial charge in [-0.1, -0.05) is 38.0 Å². The van der Waals surface area contributed by atoms with Crippen LogP contribution in [-0.4, -0.2) is 25.6 Å². The second-order valence-corrected chi connectivity index (χ2v) is 7.12. The summed E-state index contributed by atoms with van der Waals surface area (Å²) >= 11 is 0. The van der Waals surface area contributed by atoms with Gasteiger partial charge < -0.3 is 9.88 Å². The lowest BCUT2D eigenvalue weighted by Crippen LogP contribution is -2.33. The Kier molecular flexibility index (Phi) is 5.39. The zero-order valence-electron chi connectivity index (χ0n) is 15.6. The van der Waals surface area contributed by atoms with Crippen LogP contribution in [0.3, 0.4) is 0 Å². The normalized spacial score (nSPS) is 12.9. The van der Waals surface area contributed by atoms with E-state index in [-0.39, 0.29) is 29.1 Å². The molecule has 2 rings (SSSR count). The maximum Gasteiger partial charge on any atom is 0.293 e. The largest absolute Gasteiger partial charge is 0.360 e. The van der Waals surface area contributed by atoms with Crippen molar-refractivity contribution in [3.05, 3.63) is 33.6 Å². The van der Waals surface area contributed by atoms with Crippen LogP contribution in [0.5, 0.6) is 0 Å². The van der Waals surface area contributed by atoms with Gasteiger partial charge in [0.2, 0.25) is 0 Å². The molecule has 1 atom stereocenters. The van der Waals surface area contributed by atoms with Gasteiger partial charge in [0.1, 0.15) is 11.4 Å². The molecule has 0 bridgehead atoms. The summed E-state index contributed by atoms with van der Waals surface area (Å²) in [5, 5.41) is 10.5. The first-order valence-electron chi connectivity index (χ1n) is 8.31. The predicted octanol–water partition coefficient (Wildman–Crippen LogP) is 2.38. The minimum Gasteiger partial charge on any atom is -0.360 e. The molecule has 8 heteroatoms. The van der Waals surface area contributed by atoms with Crippen LogP contribution in [0.25, 0.3) is 0 Å². The fraction of sp³-hybridized carbons (Fsp3) is 0.588. The summed E-state index contributed by atoms with van der Waals surface area (Å²) in [7, 11) is 0. The second-order valence-electron chi connectivity index (χ2n) is 7.12. The lowest BCUT2D eigenvalue weighted by atomic mass is 9.92. The molecular formula is C17H25N5O3. The summed E-state index contributed by atoms with van der Waals surface area (Å²) in [4.78, 5) is 29.3. The molecule has 0 aliphatic heterocycles. The summed E-state index contributed by atoms with van der Waals surface area (Å²) in [6, 6.07) is -0.507. The molecule has 0 saturated heterocycles. The minimum absolute atomic E-state index is 0.0573. The molecule has 136 valence electrons. The smallest absolute Gasteiger partial charge is 0.293 e. The Bertz CT molecular complexity index is 816. The van der Waals surface area contributed by atoms with Crippen molar-refractivity contribution in [3.63, 3.8) is 0 Å². The van der Waals surface area contributed by atoms with Gasteiger partial charge in [-0.3, -0.25) is 9.59 Å². The number of nitrogens with zero attached hydrogens (tertiary/aromatic N) is 4. The number of aryl methyl sites for hydroxylation is 1. The molecule has 8 nitrogen and oxygen atoms in total. The van der Waals surface area contributed by atoms with Crippen LogP contribution in [0.2, 0.25) is 0 Å². The van der Waals surface area contributed by atoms with E-state index in [0.717, 1.165) is 5.69 Å². The van der Waals surface area contributed by atoms with E-state index in [1.165, 1.54) is 11.5 Å². The zero-order valence-corrected chi connectivity index (χ0v) is 15.6. The first kappa shape index (κ1) is 18.8. The number of carbonyl (C=O) groups excluding carboxylic acids is 1. The van der Waals surface area contributed by atoms with Crippen LogP contribution >= 0.6 is 0 Å². The first-order chi connectivity index (χ1) is 11.6. The van der Waals surface area contributed by atoms with Gasteiger partial charge in [-0.2, -0.15) is 0 Å². The molecule has 0 radical (unpaired) electrons. The molecule has 0 spiro atoms. The number of carbonyl (C=O) groups is 1. The highest BCUT2D eigenvalue weighted by Crippen LogP contribution is 2.22. The number of aromatic nitrogens is 4. The molecule has 0 aliphatic carbocycles. The van der Waals surface area contributed by atoms with Crippen LogP contribution in [0.4, 0.5) is 5.82 Å². The molecule has 1 N–H and O–H groups in total. The Labute approximate surface area is 146 Å². The van der Waals surface area contributed by atoms with Gasteiger partial charge in [-0.05, 0) is 20.3 Å². The quantitative estimate of drug-likeness (QED) is 0.855. The van der Waals surface area contributed by atoms with E-state index in [4.69, 9.17) is 0 Å². The summed E-state index contributed by atoms with van der Waals surface area (Å²) in [6.45, 7) is 11.4. The van der Waals surface area contributed by atoms with E-state index in [1.54, 1.807) is 13.1 Å².